The van der Waals surface area contributed by atoms with Crippen LogP contribution in [-0.2, 0) is 11.8 Å². The van der Waals surface area contributed by atoms with Crippen LogP contribution >= 0.6 is 15.9 Å². The molecule has 0 aliphatic rings. The van der Waals surface area contributed by atoms with E-state index in [1.807, 2.05) is 56.7 Å². The Kier molecular flexibility index (Phi) is 4.86. The van der Waals surface area contributed by atoms with E-state index < -0.39 is 11.7 Å². The van der Waals surface area contributed by atoms with Gasteiger partial charge in [-0.3, -0.25) is 4.90 Å². The lowest BCUT2D eigenvalue weighted by Gasteiger charge is -2.24. The van der Waals surface area contributed by atoms with Crippen LogP contribution in [0.25, 0.3) is 22.2 Å². The van der Waals surface area contributed by atoms with Gasteiger partial charge in [0, 0.05) is 18.6 Å². The summed E-state index contributed by atoms with van der Waals surface area (Å²) in [5, 5.41) is 0. The number of imidazole rings is 1. The van der Waals surface area contributed by atoms with Crippen LogP contribution in [0, 0.1) is 0 Å². The first-order chi connectivity index (χ1) is 12.6. The van der Waals surface area contributed by atoms with Gasteiger partial charge in [-0.05, 0) is 38.5 Å². The van der Waals surface area contributed by atoms with Crippen molar-refractivity contribution in [2.75, 3.05) is 17.7 Å². The number of rotatable bonds is 2. The van der Waals surface area contributed by atoms with Crippen molar-refractivity contribution in [2.45, 2.75) is 26.4 Å². The summed E-state index contributed by atoms with van der Waals surface area (Å²) in [4.78, 5) is 22.8. The quantitative estimate of drug-likeness (QED) is 0.651. The molecule has 0 saturated heterocycles. The smallest absolute Gasteiger partial charge is 0.415 e. The number of nitrogen functional groups attached to an aromatic ring is 1. The van der Waals surface area contributed by atoms with E-state index in [-0.39, 0.29) is 0 Å². The number of benzene rings is 1. The van der Waals surface area contributed by atoms with Gasteiger partial charge >= 0.3 is 6.09 Å². The zero-order valence-electron chi connectivity index (χ0n) is 15.9. The predicted octanol–water partition coefficient (Wildman–Crippen LogP) is 4.35. The molecule has 3 rings (SSSR count). The summed E-state index contributed by atoms with van der Waals surface area (Å²) < 4.78 is 8.25. The largest absolute Gasteiger partial charge is 0.443 e. The number of anilines is 2. The van der Waals surface area contributed by atoms with Crippen molar-refractivity contribution in [2.24, 2.45) is 7.05 Å². The average Bonchev–Trinajstić information content (AvgIpc) is 2.94. The van der Waals surface area contributed by atoms with Gasteiger partial charge in [-0.25, -0.2) is 14.8 Å². The Hall–Kier alpha value is -2.61. The van der Waals surface area contributed by atoms with Gasteiger partial charge in [-0.1, -0.05) is 28.1 Å². The van der Waals surface area contributed by atoms with E-state index >= 15 is 0 Å². The molecule has 8 heteroatoms. The molecule has 1 amide bonds. The molecule has 0 fully saturated rings. The summed E-state index contributed by atoms with van der Waals surface area (Å²) >= 11 is 3.49. The SMILES string of the molecule is CN(C(=O)OC(C)(C)C)c1nc(N)c(-c2cccc(Br)c2)c2c1ncn2C. The zero-order chi connectivity index (χ0) is 19.9. The van der Waals surface area contributed by atoms with Crippen molar-refractivity contribution >= 4 is 44.7 Å². The molecule has 1 aromatic carbocycles. The number of nitrogens with zero attached hydrogens (tertiary/aromatic N) is 4. The number of carbonyl (C=O) groups excluding carboxylic acids is 1. The maximum absolute atomic E-state index is 12.5. The molecule has 2 heterocycles. The Morgan fingerprint density at radius 3 is 2.67 bits per heavy atom. The number of nitrogens with two attached hydrogens (primary N) is 1. The topological polar surface area (TPSA) is 86.3 Å². The lowest BCUT2D eigenvalue weighted by molar-refractivity contribution is 0.0588. The molecular formula is C19H22BrN5O2. The van der Waals surface area contributed by atoms with E-state index in [1.165, 1.54) is 4.90 Å². The minimum Gasteiger partial charge on any atom is -0.443 e. The number of hydrogen-bond donors (Lipinski definition) is 1. The van der Waals surface area contributed by atoms with Crippen molar-refractivity contribution in [1.82, 2.24) is 14.5 Å². The van der Waals surface area contributed by atoms with Gasteiger partial charge in [0.05, 0.1) is 17.4 Å². The molecule has 27 heavy (non-hydrogen) atoms. The predicted molar refractivity (Wildman–Crippen MR) is 111 cm³/mol. The zero-order valence-corrected chi connectivity index (χ0v) is 17.5. The summed E-state index contributed by atoms with van der Waals surface area (Å²) in [6, 6.07) is 7.80. The molecule has 0 saturated carbocycles. The van der Waals surface area contributed by atoms with Crippen LogP contribution in [0.5, 0.6) is 0 Å². The van der Waals surface area contributed by atoms with Crippen LogP contribution in [0.1, 0.15) is 20.8 Å². The van der Waals surface area contributed by atoms with Crippen LogP contribution in [0.4, 0.5) is 16.4 Å². The molecule has 142 valence electrons. The highest BCUT2D eigenvalue weighted by Crippen LogP contribution is 2.37. The number of fused-ring (bicyclic) bond motifs is 1. The van der Waals surface area contributed by atoms with Crippen LogP contribution in [-0.4, -0.2) is 33.3 Å². The second kappa shape index (κ2) is 6.84. The number of halogens is 1. The number of hydrogen-bond acceptors (Lipinski definition) is 5. The molecular weight excluding hydrogens is 410 g/mol. The Morgan fingerprint density at radius 1 is 1.33 bits per heavy atom. The lowest BCUT2D eigenvalue weighted by atomic mass is 10.0. The standard InChI is InChI=1S/C19H22BrN5O2/c1-19(2,3)27-18(26)25(5)17-14-15(24(4)10-22-14)13(16(21)23-17)11-7-6-8-12(20)9-11/h6-10H,1-5H3,(H2,21,23). The minimum absolute atomic E-state index is 0.314. The highest BCUT2D eigenvalue weighted by molar-refractivity contribution is 9.10. The summed E-state index contributed by atoms with van der Waals surface area (Å²) in [5.74, 6) is 0.672. The van der Waals surface area contributed by atoms with Gasteiger partial charge in [0.25, 0.3) is 0 Å². The van der Waals surface area contributed by atoms with Crippen molar-refractivity contribution in [3.63, 3.8) is 0 Å². The fraction of sp³-hybridized carbons (Fsp3) is 0.316. The van der Waals surface area contributed by atoms with E-state index in [0.29, 0.717) is 17.2 Å². The first kappa shape index (κ1) is 19.2. The van der Waals surface area contributed by atoms with Crippen LogP contribution < -0.4 is 10.6 Å². The molecule has 0 atom stereocenters. The molecule has 0 unspecified atom stereocenters. The molecule has 0 radical (unpaired) electrons. The van der Waals surface area contributed by atoms with Gasteiger partial charge < -0.3 is 15.0 Å². The Balaban J connectivity index is 2.19. The molecule has 7 nitrogen and oxygen atoms in total. The molecule has 2 aromatic heterocycles. The molecule has 0 spiro atoms. The number of aromatic nitrogens is 3. The third-order valence-corrected chi connectivity index (χ3v) is 4.46. The van der Waals surface area contributed by atoms with Crippen LogP contribution in [0.3, 0.4) is 0 Å². The van der Waals surface area contributed by atoms with Crippen molar-refractivity contribution < 1.29 is 9.53 Å². The number of aryl methyl sites for hydroxylation is 1. The third-order valence-electron chi connectivity index (χ3n) is 3.97. The summed E-state index contributed by atoms with van der Waals surface area (Å²) in [6.07, 6.45) is 1.16. The minimum atomic E-state index is -0.615. The molecule has 3 aromatic rings. The summed E-state index contributed by atoms with van der Waals surface area (Å²) in [5.41, 5.74) is 8.76. The lowest BCUT2D eigenvalue weighted by Crippen LogP contribution is -2.34. The second-order valence-electron chi connectivity index (χ2n) is 7.30. The normalized spacial score (nSPS) is 11.6. The molecule has 0 bridgehead atoms. The molecule has 0 aliphatic carbocycles. The number of ether oxygens (including phenoxy) is 1. The summed E-state index contributed by atoms with van der Waals surface area (Å²) in [7, 11) is 3.48. The van der Waals surface area contributed by atoms with E-state index in [1.54, 1.807) is 13.4 Å². The number of amides is 1. The molecule has 0 aliphatic heterocycles. The maximum atomic E-state index is 12.5. The second-order valence-corrected chi connectivity index (χ2v) is 8.21. The van der Waals surface area contributed by atoms with E-state index in [2.05, 4.69) is 25.9 Å². The Bertz CT molecular complexity index is 1020. The Morgan fingerprint density at radius 2 is 2.04 bits per heavy atom. The highest BCUT2D eigenvalue weighted by Gasteiger charge is 2.26. The van der Waals surface area contributed by atoms with Gasteiger partial charge in [-0.2, -0.15) is 0 Å². The van der Waals surface area contributed by atoms with Gasteiger partial charge in [0.15, 0.2) is 5.82 Å². The van der Waals surface area contributed by atoms with Crippen LogP contribution in [0.2, 0.25) is 0 Å². The van der Waals surface area contributed by atoms with Crippen LogP contribution in [0.15, 0.2) is 35.1 Å². The fourth-order valence-corrected chi connectivity index (χ4v) is 3.21. The highest BCUT2D eigenvalue weighted by atomic mass is 79.9. The maximum Gasteiger partial charge on any atom is 0.415 e. The average molecular weight is 432 g/mol. The number of pyridine rings is 1. The van der Waals surface area contributed by atoms with Gasteiger partial charge in [0.2, 0.25) is 0 Å². The third kappa shape index (κ3) is 3.75. The molecule has 2 N–H and O–H groups in total. The fourth-order valence-electron chi connectivity index (χ4n) is 2.81. The first-order valence-corrected chi connectivity index (χ1v) is 9.21. The number of carbonyl (C=O) groups is 1. The van der Waals surface area contributed by atoms with Crippen molar-refractivity contribution in [3.8, 4) is 11.1 Å². The van der Waals surface area contributed by atoms with Crippen molar-refractivity contribution in [1.29, 1.82) is 0 Å². The van der Waals surface area contributed by atoms with E-state index in [4.69, 9.17) is 10.5 Å². The van der Waals surface area contributed by atoms with E-state index in [0.717, 1.165) is 21.1 Å². The van der Waals surface area contributed by atoms with Gasteiger partial charge in [-0.15, -0.1) is 0 Å². The summed E-state index contributed by atoms with van der Waals surface area (Å²) in [6.45, 7) is 5.44. The Labute approximate surface area is 166 Å². The van der Waals surface area contributed by atoms with E-state index in [9.17, 15) is 4.79 Å². The van der Waals surface area contributed by atoms with Crippen molar-refractivity contribution in [3.05, 3.63) is 35.1 Å². The monoisotopic (exact) mass is 431 g/mol. The first-order valence-electron chi connectivity index (χ1n) is 8.41. The van der Waals surface area contributed by atoms with Gasteiger partial charge in [0.1, 0.15) is 16.9 Å².